The molecule has 116 valence electrons. The van der Waals surface area contributed by atoms with Crippen molar-refractivity contribution in [3.63, 3.8) is 0 Å². The van der Waals surface area contributed by atoms with Crippen molar-refractivity contribution in [3.8, 4) is 17.0 Å². The summed E-state index contributed by atoms with van der Waals surface area (Å²) in [6.07, 6.45) is 2.41. The number of nitrogens with zero attached hydrogens (tertiary/aromatic N) is 2. The molecule has 1 saturated carbocycles. The highest BCUT2D eigenvalue weighted by molar-refractivity contribution is 5.60. The molecular formula is C17H21N3O2. The average Bonchev–Trinajstić information content (AvgIpc) is 3.34. The number of benzene rings is 1. The summed E-state index contributed by atoms with van der Waals surface area (Å²) in [5, 5.41) is 7.74. The zero-order valence-electron chi connectivity index (χ0n) is 13.0. The van der Waals surface area contributed by atoms with Crippen LogP contribution in [0.5, 0.6) is 5.75 Å². The molecule has 1 aliphatic carbocycles. The van der Waals surface area contributed by atoms with Gasteiger partial charge in [0.05, 0.1) is 12.3 Å². The van der Waals surface area contributed by atoms with Gasteiger partial charge in [-0.3, -0.25) is 4.79 Å². The Morgan fingerprint density at radius 2 is 2.05 bits per heavy atom. The third kappa shape index (κ3) is 3.36. The van der Waals surface area contributed by atoms with Crippen molar-refractivity contribution in [3.05, 3.63) is 46.2 Å². The molecule has 0 radical (unpaired) electrons. The predicted octanol–water partition coefficient (Wildman–Crippen LogP) is 2.10. The molecule has 5 nitrogen and oxygen atoms in total. The molecule has 1 heterocycles. The molecular weight excluding hydrogens is 278 g/mol. The zero-order chi connectivity index (χ0) is 15.5. The monoisotopic (exact) mass is 299 g/mol. The molecule has 1 aromatic heterocycles. The molecule has 5 heteroatoms. The highest BCUT2D eigenvalue weighted by atomic mass is 16.5. The summed E-state index contributed by atoms with van der Waals surface area (Å²) in [5.41, 5.74) is 2.50. The highest BCUT2D eigenvalue weighted by Gasteiger charge is 2.20. The summed E-state index contributed by atoms with van der Waals surface area (Å²) in [6.45, 7) is 3.21. The SMILES string of the molecule is CCOc1ccc(-c2cc(CNC3CC3)c(=O)n(C)n2)cc1. The average molecular weight is 299 g/mol. The number of nitrogens with one attached hydrogen (secondary N) is 1. The summed E-state index contributed by atoms with van der Waals surface area (Å²) in [5.74, 6) is 0.840. The van der Waals surface area contributed by atoms with Crippen molar-refractivity contribution in [1.29, 1.82) is 0 Å². The van der Waals surface area contributed by atoms with Crippen LogP contribution >= 0.6 is 0 Å². The Balaban J connectivity index is 1.87. The molecule has 0 amide bonds. The first kappa shape index (κ1) is 14.8. The minimum atomic E-state index is -0.0390. The molecule has 22 heavy (non-hydrogen) atoms. The Morgan fingerprint density at radius 1 is 1.32 bits per heavy atom. The van der Waals surface area contributed by atoms with E-state index in [1.165, 1.54) is 17.5 Å². The smallest absolute Gasteiger partial charge is 0.271 e. The Morgan fingerprint density at radius 3 is 2.68 bits per heavy atom. The molecule has 1 aliphatic rings. The van der Waals surface area contributed by atoms with Crippen molar-refractivity contribution in [2.75, 3.05) is 6.61 Å². The van der Waals surface area contributed by atoms with Crippen molar-refractivity contribution in [2.45, 2.75) is 32.4 Å². The lowest BCUT2D eigenvalue weighted by Crippen LogP contribution is -2.28. The van der Waals surface area contributed by atoms with E-state index in [1.807, 2.05) is 37.3 Å². The lowest BCUT2D eigenvalue weighted by molar-refractivity contribution is 0.340. The van der Waals surface area contributed by atoms with Crippen LogP contribution in [0.4, 0.5) is 0 Å². The van der Waals surface area contributed by atoms with E-state index in [1.54, 1.807) is 7.05 Å². The topological polar surface area (TPSA) is 56.1 Å². The first-order valence-electron chi connectivity index (χ1n) is 7.71. The van der Waals surface area contributed by atoms with Gasteiger partial charge >= 0.3 is 0 Å². The van der Waals surface area contributed by atoms with E-state index in [4.69, 9.17) is 4.74 Å². The fourth-order valence-corrected chi connectivity index (χ4v) is 2.37. The van der Waals surface area contributed by atoms with Crippen LogP contribution in [-0.4, -0.2) is 22.4 Å². The third-order valence-corrected chi connectivity index (χ3v) is 3.76. The van der Waals surface area contributed by atoms with E-state index >= 15 is 0 Å². The molecule has 1 N–H and O–H groups in total. The molecule has 0 aliphatic heterocycles. The Labute approximate surface area is 129 Å². The standard InChI is InChI=1S/C17H21N3O2/c1-3-22-15-8-4-12(5-9-15)16-10-13(11-18-14-6-7-14)17(21)20(2)19-16/h4-5,8-10,14,18H,3,6-7,11H2,1-2H3. The second-order valence-corrected chi connectivity index (χ2v) is 5.60. The molecule has 3 rings (SSSR count). The van der Waals surface area contributed by atoms with Gasteiger partial charge in [-0.1, -0.05) is 0 Å². The maximum atomic E-state index is 12.2. The molecule has 0 atom stereocenters. The lowest BCUT2D eigenvalue weighted by atomic mass is 10.1. The number of ether oxygens (including phenoxy) is 1. The van der Waals surface area contributed by atoms with E-state index in [2.05, 4.69) is 10.4 Å². The minimum Gasteiger partial charge on any atom is -0.494 e. The van der Waals surface area contributed by atoms with E-state index in [-0.39, 0.29) is 5.56 Å². The summed E-state index contributed by atoms with van der Waals surface area (Å²) in [6, 6.07) is 10.2. The second-order valence-electron chi connectivity index (χ2n) is 5.60. The highest BCUT2D eigenvalue weighted by Crippen LogP contribution is 2.22. The minimum absolute atomic E-state index is 0.0390. The van der Waals surface area contributed by atoms with Crippen molar-refractivity contribution in [2.24, 2.45) is 7.05 Å². The van der Waals surface area contributed by atoms with Gasteiger partial charge in [0.25, 0.3) is 5.56 Å². The van der Waals surface area contributed by atoms with Crippen molar-refractivity contribution in [1.82, 2.24) is 15.1 Å². The Bertz CT molecular complexity index is 703. The Kier molecular flexibility index (Phi) is 4.24. The van der Waals surface area contributed by atoms with Crippen LogP contribution in [0.1, 0.15) is 25.3 Å². The summed E-state index contributed by atoms with van der Waals surface area (Å²) in [7, 11) is 1.70. The van der Waals surface area contributed by atoms with Crippen LogP contribution < -0.4 is 15.6 Å². The first-order valence-corrected chi connectivity index (χ1v) is 7.71. The fourth-order valence-electron chi connectivity index (χ4n) is 2.37. The molecule has 1 aromatic carbocycles. The van der Waals surface area contributed by atoms with Gasteiger partial charge < -0.3 is 10.1 Å². The second kappa shape index (κ2) is 6.32. The lowest BCUT2D eigenvalue weighted by Gasteiger charge is -2.09. The van der Waals surface area contributed by atoms with Crippen molar-refractivity contribution < 1.29 is 4.74 Å². The van der Waals surface area contributed by atoms with Crippen LogP contribution in [0.3, 0.4) is 0 Å². The normalized spacial score (nSPS) is 14.1. The quantitative estimate of drug-likeness (QED) is 0.887. The molecule has 0 bridgehead atoms. The van der Waals surface area contributed by atoms with Gasteiger partial charge in [0, 0.05) is 30.8 Å². The number of aryl methyl sites for hydroxylation is 1. The maximum absolute atomic E-state index is 12.2. The van der Waals surface area contributed by atoms with Gasteiger partial charge in [-0.2, -0.15) is 5.10 Å². The van der Waals surface area contributed by atoms with Gasteiger partial charge in [0.2, 0.25) is 0 Å². The zero-order valence-corrected chi connectivity index (χ0v) is 13.0. The molecule has 0 saturated heterocycles. The summed E-state index contributed by atoms with van der Waals surface area (Å²) < 4.78 is 6.86. The first-order chi connectivity index (χ1) is 10.7. The van der Waals surface area contributed by atoms with Gasteiger partial charge in [-0.15, -0.1) is 0 Å². The summed E-state index contributed by atoms with van der Waals surface area (Å²) in [4.78, 5) is 12.2. The van der Waals surface area contributed by atoms with E-state index in [0.717, 1.165) is 22.6 Å². The predicted molar refractivity (Wildman–Crippen MR) is 85.9 cm³/mol. The number of aromatic nitrogens is 2. The van der Waals surface area contributed by atoms with Crippen LogP contribution in [0.15, 0.2) is 35.1 Å². The number of hydrogen-bond acceptors (Lipinski definition) is 4. The van der Waals surface area contributed by atoms with Crippen molar-refractivity contribution >= 4 is 0 Å². The fraction of sp³-hybridized carbons (Fsp3) is 0.412. The number of hydrogen-bond donors (Lipinski definition) is 1. The molecule has 2 aromatic rings. The van der Waals surface area contributed by atoms with Crippen LogP contribution in [0, 0.1) is 0 Å². The van der Waals surface area contributed by atoms with Gasteiger partial charge in [0.1, 0.15) is 5.75 Å². The van der Waals surface area contributed by atoms with Crippen LogP contribution in [-0.2, 0) is 13.6 Å². The van der Waals surface area contributed by atoms with Crippen LogP contribution in [0.2, 0.25) is 0 Å². The van der Waals surface area contributed by atoms with Gasteiger partial charge in [-0.05, 0) is 50.1 Å². The van der Waals surface area contributed by atoms with Crippen LogP contribution in [0.25, 0.3) is 11.3 Å². The molecule has 0 spiro atoms. The largest absolute Gasteiger partial charge is 0.494 e. The van der Waals surface area contributed by atoms with E-state index in [9.17, 15) is 4.79 Å². The summed E-state index contributed by atoms with van der Waals surface area (Å²) >= 11 is 0. The third-order valence-electron chi connectivity index (χ3n) is 3.76. The van der Waals surface area contributed by atoms with Gasteiger partial charge in [0.15, 0.2) is 0 Å². The number of rotatable bonds is 6. The van der Waals surface area contributed by atoms with E-state index in [0.29, 0.717) is 19.2 Å². The molecule has 0 unspecified atom stereocenters. The van der Waals surface area contributed by atoms with E-state index < -0.39 is 0 Å². The Hall–Kier alpha value is -2.14. The van der Waals surface area contributed by atoms with Gasteiger partial charge in [-0.25, -0.2) is 4.68 Å². The molecule has 1 fully saturated rings. The maximum Gasteiger partial charge on any atom is 0.271 e.